The van der Waals surface area contributed by atoms with Gasteiger partial charge in [0.25, 0.3) is 5.91 Å². The number of rotatable bonds is 17. The highest BCUT2D eigenvalue weighted by Gasteiger charge is 2.34. The summed E-state index contributed by atoms with van der Waals surface area (Å²) in [7, 11) is 0. The molecular weight excluding hydrogens is 502 g/mol. The first-order chi connectivity index (χ1) is 18.5. The second-order valence-electron chi connectivity index (χ2n) is 9.74. The Morgan fingerprint density at radius 1 is 0.947 bits per heavy atom. The number of nitrogens with zero attached hydrogens (tertiary/aromatic N) is 1. The molecule has 9 heteroatoms. The number of ether oxygens (including phenoxy) is 2. The van der Waals surface area contributed by atoms with Gasteiger partial charge in [0.15, 0.2) is 5.11 Å². The Labute approximate surface area is 233 Å². The van der Waals surface area contributed by atoms with Gasteiger partial charge in [-0.3, -0.25) is 19.7 Å². The van der Waals surface area contributed by atoms with E-state index in [1.807, 2.05) is 6.92 Å². The third-order valence-corrected chi connectivity index (χ3v) is 6.86. The molecule has 0 saturated carbocycles. The highest BCUT2D eigenvalue weighted by molar-refractivity contribution is 7.80. The maximum absolute atomic E-state index is 12.7. The maximum Gasteiger partial charge on any atom is 0.308 e. The zero-order chi connectivity index (χ0) is 27.6. The molecule has 0 spiro atoms. The number of carbonyl (C=O) groups is 3. The number of carbonyl (C=O) groups excluding carboxylic acids is 3. The van der Waals surface area contributed by atoms with Crippen molar-refractivity contribution in [3.63, 3.8) is 0 Å². The van der Waals surface area contributed by atoms with E-state index in [0.29, 0.717) is 37.6 Å². The zero-order valence-corrected chi connectivity index (χ0v) is 23.9. The van der Waals surface area contributed by atoms with E-state index in [-0.39, 0.29) is 23.3 Å². The SMILES string of the molecule is CCCCCCCCCCCCOC(=O)CC1C(=O)NCCN1C(=S)NC(=O)c1ccc(OCCC)cc1. The first-order valence-corrected chi connectivity index (χ1v) is 14.6. The number of benzene rings is 1. The molecule has 2 N–H and O–H groups in total. The molecule has 0 radical (unpaired) electrons. The van der Waals surface area contributed by atoms with Crippen LogP contribution in [0.5, 0.6) is 5.75 Å². The van der Waals surface area contributed by atoms with Crippen LogP contribution in [0.4, 0.5) is 0 Å². The average Bonchev–Trinajstić information content (AvgIpc) is 2.91. The molecule has 1 aliphatic heterocycles. The molecule has 1 unspecified atom stereocenters. The lowest BCUT2D eigenvalue weighted by Gasteiger charge is -2.36. The molecule has 38 heavy (non-hydrogen) atoms. The van der Waals surface area contributed by atoms with Gasteiger partial charge in [0, 0.05) is 18.7 Å². The predicted octanol–water partition coefficient (Wildman–Crippen LogP) is 5.14. The van der Waals surface area contributed by atoms with Crippen LogP contribution in [0.1, 0.15) is 101 Å². The van der Waals surface area contributed by atoms with E-state index in [9.17, 15) is 14.4 Å². The molecule has 1 heterocycles. The highest BCUT2D eigenvalue weighted by atomic mass is 32.1. The number of nitrogens with one attached hydrogen (secondary N) is 2. The molecule has 0 aliphatic carbocycles. The van der Waals surface area contributed by atoms with Crippen LogP contribution in [0.15, 0.2) is 24.3 Å². The van der Waals surface area contributed by atoms with Crippen molar-refractivity contribution in [1.29, 1.82) is 0 Å². The minimum atomic E-state index is -0.818. The van der Waals surface area contributed by atoms with Crippen molar-refractivity contribution in [2.24, 2.45) is 0 Å². The van der Waals surface area contributed by atoms with E-state index >= 15 is 0 Å². The molecule has 8 nitrogen and oxygen atoms in total. The largest absolute Gasteiger partial charge is 0.494 e. The number of hydrogen-bond donors (Lipinski definition) is 2. The fourth-order valence-corrected chi connectivity index (χ4v) is 4.63. The molecule has 0 bridgehead atoms. The zero-order valence-electron chi connectivity index (χ0n) is 23.1. The number of piperazine rings is 1. The third kappa shape index (κ3) is 11.8. The minimum absolute atomic E-state index is 0.114. The standard InChI is InChI=1S/C29H45N3O5S/c1-3-5-6-7-8-9-10-11-12-13-21-37-26(33)22-25-28(35)30-18-19-32(25)29(38)31-27(34)23-14-16-24(17-15-23)36-20-4-2/h14-17,25H,3-13,18-22H2,1-2H3,(H,30,35)(H,31,34,38). The molecular formula is C29H45N3O5S. The summed E-state index contributed by atoms with van der Waals surface area (Å²) < 4.78 is 10.9. The van der Waals surface area contributed by atoms with E-state index in [0.717, 1.165) is 25.7 Å². The second kappa shape index (κ2) is 18.6. The summed E-state index contributed by atoms with van der Waals surface area (Å²) >= 11 is 5.44. The quantitative estimate of drug-likeness (QED) is 0.158. The van der Waals surface area contributed by atoms with Crippen LogP contribution in [0.25, 0.3) is 0 Å². The molecule has 1 aromatic rings. The molecule has 1 saturated heterocycles. The number of esters is 1. The Hall–Kier alpha value is -2.68. The Balaban J connectivity index is 1.73. The van der Waals surface area contributed by atoms with Gasteiger partial charge in [-0.1, -0.05) is 71.6 Å². The molecule has 2 amide bonds. The summed E-state index contributed by atoms with van der Waals surface area (Å²) in [5, 5.41) is 5.57. The van der Waals surface area contributed by atoms with E-state index in [2.05, 4.69) is 17.6 Å². The first-order valence-electron chi connectivity index (χ1n) is 14.2. The van der Waals surface area contributed by atoms with Gasteiger partial charge in [-0.25, -0.2) is 0 Å². The van der Waals surface area contributed by atoms with Crippen LogP contribution in [0.2, 0.25) is 0 Å². The number of amides is 2. The van der Waals surface area contributed by atoms with Gasteiger partial charge >= 0.3 is 5.97 Å². The third-order valence-electron chi connectivity index (χ3n) is 6.52. The lowest BCUT2D eigenvalue weighted by molar-refractivity contribution is -0.147. The minimum Gasteiger partial charge on any atom is -0.494 e. The van der Waals surface area contributed by atoms with Crippen LogP contribution < -0.4 is 15.4 Å². The summed E-state index contributed by atoms with van der Waals surface area (Å²) in [6.07, 6.45) is 12.8. The maximum atomic E-state index is 12.7. The van der Waals surface area contributed by atoms with E-state index in [1.54, 1.807) is 29.2 Å². The fraction of sp³-hybridized carbons (Fsp3) is 0.655. The van der Waals surface area contributed by atoms with Crippen LogP contribution in [0, 0.1) is 0 Å². The van der Waals surface area contributed by atoms with Crippen molar-refractivity contribution < 1.29 is 23.9 Å². The number of thiocarbonyl (C=S) groups is 1. The Morgan fingerprint density at radius 3 is 2.21 bits per heavy atom. The Kier molecular flexibility index (Phi) is 15.4. The average molecular weight is 548 g/mol. The highest BCUT2D eigenvalue weighted by Crippen LogP contribution is 2.15. The van der Waals surface area contributed by atoms with Crippen molar-refractivity contribution in [1.82, 2.24) is 15.5 Å². The van der Waals surface area contributed by atoms with Gasteiger partial charge in [-0.2, -0.15) is 0 Å². The van der Waals surface area contributed by atoms with Crippen molar-refractivity contribution >= 4 is 35.1 Å². The van der Waals surface area contributed by atoms with Crippen molar-refractivity contribution in [2.75, 3.05) is 26.3 Å². The first kappa shape index (κ1) is 31.5. The lowest BCUT2D eigenvalue weighted by atomic mass is 10.1. The monoisotopic (exact) mass is 547 g/mol. The Bertz CT molecular complexity index is 877. The predicted molar refractivity (Wildman–Crippen MR) is 153 cm³/mol. The molecule has 0 aromatic heterocycles. The van der Waals surface area contributed by atoms with Crippen LogP contribution >= 0.6 is 12.2 Å². The lowest BCUT2D eigenvalue weighted by Crippen LogP contribution is -2.60. The van der Waals surface area contributed by atoms with Crippen molar-refractivity contribution in [3.8, 4) is 5.75 Å². The van der Waals surface area contributed by atoms with Crippen molar-refractivity contribution in [3.05, 3.63) is 29.8 Å². The summed E-state index contributed by atoms with van der Waals surface area (Å²) in [5.41, 5.74) is 0.421. The van der Waals surface area contributed by atoms with Gasteiger partial charge < -0.3 is 19.7 Å². The van der Waals surface area contributed by atoms with E-state index in [1.165, 1.54) is 44.9 Å². The smallest absolute Gasteiger partial charge is 0.308 e. The van der Waals surface area contributed by atoms with Gasteiger partial charge in [-0.05, 0) is 49.3 Å². The summed E-state index contributed by atoms with van der Waals surface area (Å²) in [6.45, 7) is 5.98. The second-order valence-corrected chi connectivity index (χ2v) is 10.1. The van der Waals surface area contributed by atoms with Gasteiger partial charge in [0.05, 0.1) is 19.6 Å². The number of hydrogen-bond acceptors (Lipinski definition) is 6. The van der Waals surface area contributed by atoms with E-state index in [4.69, 9.17) is 21.7 Å². The van der Waals surface area contributed by atoms with Crippen molar-refractivity contribution in [2.45, 2.75) is 96.9 Å². The topological polar surface area (TPSA) is 97.0 Å². The molecule has 1 fully saturated rings. The molecule has 212 valence electrons. The normalized spacial score (nSPS) is 15.1. The molecule has 1 aromatic carbocycles. The molecule has 1 atom stereocenters. The van der Waals surface area contributed by atoms with Gasteiger partial charge in [0.2, 0.25) is 5.91 Å². The van der Waals surface area contributed by atoms with Crippen LogP contribution in [-0.4, -0.2) is 60.1 Å². The van der Waals surface area contributed by atoms with E-state index < -0.39 is 12.0 Å². The summed E-state index contributed by atoms with van der Waals surface area (Å²) in [4.78, 5) is 39.3. The summed E-state index contributed by atoms with van der Waals surface area (Å²) in [6, 6.07) is 5.97. The molecule has 1 aliphatic rings. The van der Waals surface area contributed by atoms with Gasteiger partial charge in [-0.15, -0.1) is 0 Å². The Morgan fingerprint density at radius 2 is 1.58 bits per heavy atom. The number of unbranched alkanes of at least 4 members (excludes halogenated alkanes) is 9. The fourth-order valence-electron chi connectivity index (χ4n) is 4.32. The molecule has 2 rings (SSSR count). The van der Waals surface area contributed by atoms with Crippen LogP contribution in [-0.2, 0) is 14.3 Å². The van der Waals surface area contributed by atoms with Gasteiger partial charge in [0.1, 0.15) is 11.8 Å². The summed E-state index contributed by atoms with van der Waals surface area (Å²) in [5.74, 6) is -0.439. The van der Waals surface area contributed by atoms with Crippen LogP contribution in [0.3, 0.4) is 0 Å².